The molecule has 33 heavy (non-hydrogen) atoms. The van der Waals surface area contributed by atoms with E-state index in [9.17, 15) is 5.11 Å². The number of nitrogen functional groups attached to an aromatic ring is 2. The summed E-state index contributed by atoms with van der Waals surface area (Å²) in [5.74, 6) is 4.30. The summed E-state index contributed by atoms with van der Waals surface area (Å²) in [4.78, 5) is 0. The van der Waals surface area contributed by atoms with Gasteiger partial charge in [0.1, 0.15) is 0 Å². The molecule has 0 saturated heterocycles. The molecule has 182 valence electrons. The number of hydrogen-bond acceptors (Lipinski definition) is 4. The van der Waals surface area contributed by atoms with Gasteiger partial charge in [-0.3, -0.25) is 0 Å². The van der Waals surface area contributed by atoms with E-state index in [1.807, 2.05) is 12.1 Å². The molecule has 1 aromatic rings. The number of ether oxygens (including phenoxy) is 1. The molecule has 0 amide bonds. The first-order valence-electron chi connectivity index (χ1n) is 13.3. The van der Waals surface area contributed by atoms with Crippen molar-refractivity contribution in [3.8, 4) is 0 Å². The number of anilines is 2. The van der Waals surface area contributed by atoms with Gasteiger partial charge >= 0.3 is 0 Å². The van der Waals surface area contributed by atoms with Gasteiger partial charge in [0.2, 0.25) is 0 Å². The highest BCUT2D eigenvalue weighted by Crippen LogP contribution is 2.44. The number of benzene rings is 1. The molecule has 5 N–H and O–H groups in total. The maximum Gasteiger partial charge on any atom is 0.174 e. The van der Waals surface area contributed by atoms with Crippen molar-refractivity contribution in [2.75, 3.05) is 11.5 Å². The summed E-state index contributed by atoms with van der Waals surface area (Å²) in [6.45, 7) is 2.72. The molecule has 0 heterocycles. The smallest absolute Gasteiger partial charge is 0.174 e. The van der Waals surface area contributed by atoms with Crippen LogP contribution >= 0.6 is 0 Å². The van der Waals surface area contributed by atoms with Gasteiger partial charge in [-0.25, -0.2) is 0 Å². The molecule has 0 radical (unpaired) electrons. The predicted octanol–water partition coefficient (Wildman–Crippen LogP) is 6.60. The van der Waals surface area contributed by atoms with Crippen LogP contribution in [0.5, 0.6) is 0 Å². The lowest BCUT2D eigenvalue weighted by Gasteiger charge is -2.38. The van der Waals surface area contributed by atoms with Crippen LogP contribution in [-0.2, 0) is 11.3 Å². The Hall–Kier alpha value is -1.78. The van der Waals surface area contributed by atoms with Crippen molar-refractivity contribution in [1.82, 2.24) is 0 Å². The van der Waals surface area contributed by atoms with E-state index >= 15 is 0 Å². The summed E-state index contributed by atoms with van der Waals surface area (Å²) in [7, 11) is 0. The Balaban J connectivity index is 1.17. The highest BCUT2D eigenvalue weighted by atomic mass is 16.6. The summed E-state index contributed by atoms with van der Waals surface area (Å²) < 4.78 is 5.55. The van der Waals surface area contributed by atoms with Crippen LogP contribution in [0.15, 0.2) is 42.0 Å². The monoisotopic (exact) mass is 452 g/mol. The molecule has 0 bridgehead atoms. The molecule has 0 aromatic heterocycles. The molecule has 3 aliphatic rings. The quantitative estimate of drug-likeness (QED) is 0.247. The SMILES string of the molecule is CC1CCC(C2CCC(C3=CCC(/C=C/C(O)OCc4cc(N)cc(N)c4)CC3)CC2)CC1. The molecule has 0 aliphatic heterocycles. The van der Waals surface area contributed by atoms with E-state index in [4.69, 9.17) is 16.2 Å². The maximum absolute atomic E-state index is 10.2. The van der Waals surface area contributed by atoms with E-state index in [1.165, 1.54) is 64.2 Å². The van der Waals surface area contributed by atoms with Crippen molar-refractivity contribution in [1.29, 1.82) is 0 Å². The normalized spacial score (nSPS) is 31.9. The van der Waals surface area contributed by atoms with Crippen molar-refractivity contribution >= 4 is 11.4 Å². The average Bonchev–Trinajstić information content (AvgIpc) is 2.82. The van der Waals surface area contributed by atoms with Gasteiger partial charge in [0, 0.05) is 11.4 Å². The highest BCUT2D eigenvalue weighted by Gasteiger charge is 2.31. The Morgan fingerprint density at radius 2 is 1.58 bits per heavy atom. The minimum atomic E-state index is -0.906. The van der Waals surface area contributed by atoms with E-state index in [2.05, 4.69) is 19.1 Å². The predicted molar refractivity (Wildman–Crippen MR) is 137 cm³/mol. The van der Waals surface area contributed by atoms with E-state index in [0.29, 0.717) is 17.3 Å². The second-order valence-corrected chi connectivity index (χ2v) is 11.0. The van der Waals surface area contributed by atoms with Crippen LogP contribution in [-0.4, -0.2) is 11.4 Å². The molecular formula is C29H44N2O2. The Morgan fingerprint density at radius 1 is 0.939 bits per heavy atom. The Kier molecular flexibility index (Phi) is 8.54. The fourth-order valence-corrected chi connectivity index (χ4v) is 6.46. The minimum absolute atomic E-state index is 0.290. The van der Waals surface area contributed by atoms with Gasteiger partial charge in [0.05, 0.1) is 6.61 Å². The summed E-state index contributed by atoms with van der Waals surface area (Å²) in [6.07, 6.45) is 20.6. The third-order valence-corrected chi connectivity index (χ3v) is 8.52. The number of nitrogens with two attached hydrogens (primary N) is 2. The van der Waals surface area contributed by atoms with Gasteiger partial charge < -0.3 is 21.3 Å². The lowest BCUT2D eigenvalue weighted by atomic mass is 9.67. The molecular weight excluding hydrogens is 408 g/mol. The third-order valence-electron chi connectivity index (χ3n) is 8.52. The highest BCUT2D eigenvalue weighted by molar-refractivity contribution is 5.54. The number of rotatable bonds is 7. The van der Waals surface area contributed by atoms with E-state index < -0.39 is 6.29 Å². The number of aliphatic hydroxyl groups excluding tert-OH is 1. The van der Waals surface area contributed by atoms with Crippen LogP contribution in [0.4, 0.5) is 11.4 Å². The van der Waals surface area contributed by atoms with Crippen molar-refractivity contribution in [2.24, 2.45) is 29.6 Å². The van der Waals surface area contributed by atoms with Crippen molar-refractivity contribution in [3.05, 3.63) is 47.6 Å². The first kappa shape index (κ1) is 24.3. The largest absolute Gasteiger partial charge is 0.399 e. The Morgan fingerprint density at radius 3 is 2.18 bits per heavy atom. The zero-order valence-corrected chi connectivity index (χ0v) is 20.4. The lowest BCUT2D eigenvalue weighted by molar-refractivity contribution is -0.0735. The molecule has 1 aromatic carbocycles. The fraction of sp³-hybridized carbons (Fsp3) is 0.655. The zero-order valence-electron chi connectivity index (χ0n) is 20.4. The molecule has 4 heteroatoms. The first-order valence-corrected chi connectivity index (χ1v) is 13.3. The lowest BCUT2D eigenvalue weighted by Crippen LogP contribution is -2.26. The maximum atomic E-state index is 10.2. The molecule has 2 unspecified atom stereocenters. The topological polar surface area (TPSA) is 81.5 Å². The van der Waals surface area contributed by atoms with Gasteiger partial charge in [-0.05, 0) is 117 Å². The minimum Gasteiger partial charge on any atom is -0.399 e. The van der Waals surface area contributed by atoms with E-state index in [0.717, 1.165) is 35.7 Å². The van der Waals surface area contributed by atoms with E-state index in [1.54, 1.807) is 17.7 Å². The summed E-state index contributed by atoms with van der Waals surface area (Å²) in [6, 6.07) is 5.36. The van der Waals surface area contributed by atoms with Crippen molar-refractivity contribution < 1.29 is 9.84 Å². The standard InChI is InChI=1S/C29H44N2O2/c1-20-2-7-23(8-3-20)25-11-13-26(14-12-25)24-9-4-21(5-10-24)6-15-29(32)33-19-22-16-27(30)18-28(31)17-22/h6,9,15-18,20-21,23,25-26,29,32H,2-5,7-8,10-14,19,30-31H2,1H3/b15-6+. The second-order valence-electron chi connectivity index (χ2n) is 11.0. The van der Waals surface area contributed by atoms with Crippen molar-refractivity contribution in [2.45, 2.75) is 90.4 Å². The molecule has 3 aliphatic carbocycles. The number of hydrogen-bond donors (Lipinski definition) is 3. The Bertz CT molecular complexity index is 797. The summed E-state index contributed by atoms with van der Waals surface area (Å²) in [5, 5.41) is 10.2. The van der Waals surface area contributed by atoms with Gasteiger partial charge in [-0.15, -0.1) is 0 Å². The second kappa shape index (κ2) is 11.6. The fourth-order valence-electron chi connectivity index (χ4n) is 6.46. The van der Waals surface area contributed by atoms with Crippen LogP contribution in [0.2, 0.25) is 0 Å². The third kappa shape index (κ3) is 7.10. The average molecular weight is 453 g/mol. The molecule has 0 spiro atoms. The first-order chi connectivity index (χ1) is 16.0. The molecule has 2 saturated carbocycles. The molecule has 4 rings (SSSR count). The molecule has 2 fully saturated rings. The number of aliphatic hydroxyl groups is 1. The van der Waals surface area contributed by atoms with Crippen LogP contribution in [0.3, 0.4) is 0 Å². The molecule has 2 atom stereocenters. The van der Waals surface area contributed by atoms with Crippen molar-refractivity contribution in [3.63, 3.8) is 0 Å². The van der Waals surface area contributed by atoms with Crippen LogP contribution in [0.1, 0.15) is 83.1 Å². The summed E-state index contributed by atoms with van der Waals surface area (Å²) in [5.41, 5.74) is 15.4. The van der Waals surface area contributed by atoms with Gasteiger partial charge in [-0.1, -0.05) is 37.5 Å². The zero-order chi connectivity index (χ0) is 23.2. The molecule has 4 nitrogen and oxygen atoms in total. The summed E-state index contributed by atoms with van der Waals surface area (Å²) >= 11 is 0. The van der Waals surface area contributed by atoms with Crippen LogP contribution < -0.4 is 11.5 Å². The van der Waals surface area contributed by atoms with Gasteiger partial charge in [0.25, 0.3) is 0 Å². The van der Waals surface area contributed by atoms with Gasteiger partial charge in [0.15, 0.2) is 6.29 Å². The Labute approximate surface area is 200 Å². The van der Waals surface area contributed by atoms with Crippen LogP contribution in [0, 0.1) is 29.6 Å². The van der Waals surface area contributed by atoms with Gasteiger partial charge in [-0.2, -0.15) is 0 Å². The van der Waals surface area contributed by atoms with E-state index in [-0.39, 0.29) is 6.61 Å². The van der Waals surface area contributed by atoms with Crippen LogP contribution in [0.25, 0.3) is 0 Å². The number of allylic oxidation sites excluding steroid dienone is 3.